The van der Waals surface area contributed by atoms with E-state index in [0.29, 0.717) is 4.88 Å². The highest BCUT2D eigenvalue weighted by Gasteiger charge is 2.22. The van der Waals surface area contributed by atoms with Gasteiger partial charge in [-0.1, -0.05) is 11.3 Å². The molecule has 1 rings (SSSR count). The lowest BCUT2D eigenvalue weighted by atomic mass is 10.3. The van der Waals surface area contributed by atoms with Gasteiger partial charge in [-0.05, 0) is 20.8 Å². The Morgan fingerprint density at radius 2 is 2.05 bits per heavy atom. The molecule has 1 aromatic heterocycles. The maximum absolute atomic E-state index is 12.2. The molecule has 1 atom stereocenters. The molecule has 0 saturated carbocycles. The second kappa shape index (κ2) is 6.72. The fourth-order valence-corrected chi connectivity index (χ4v) is 2.86. The lowest BCUT2D eigenvalue weighted by Gasteiger charge is -2.18. The SMILES string of the molecule is CCN(CC)c1nc(N)c(C(=O)N(C)CC(C)O)s1. The van der Waals surface area contributed by atoms with Crippen LogP contribution in [0.2, 0.25) is 0 Å². The van der Waals surface area contributed by atoms with Gasteiger partial charge in [0.25, 0.3) is 5.91 Å². The molecule has 0 radical (unpaired) electrons. The summed E-state index contributed by atoms with van der Waals surface area (Å²) in [5, 5.41) is 10.1. The van der Waals surface area contributed by atoms with Gasteiger partial charge in [-0.25, -0.2) is 4.98 Å². The minimum atomic E-state index is -0.564. The number of aliphatic hydroxyl groups excluding tert-OH is 1. The van der Waals surface area contributed by atoms with Crippen LogP contribution in [0.4, 0.5) is 10.9 Å². The molecule has 0 aliphatic heterocycles. The van der Waals surface area contributed by atoms with Gasteiger partial charge in [0.2, 0.25) is 0 Å². The molecule has 0 bridgehead atoms. The first-order chi connectivity index (χ1) is 8.90. The molecule has 0 saturated heterocycles. The van der Waals surface area contributed by atoms with E-state index in [4.69, 9.17) is 5.73 Å². The molecule has 7 heteroatoms. The van der Waals surface area contributed by atoms with Crippen LogP contribution in [0.5, 0.6) is 0 Å². The number of nitrogens with zero attached hydrogens (tertiary/aromatic N) is 3. The number of thiazole rings is 1. The summed E-state index contributed by atoms with van der Waals surface area (Å²) in [6, 6.07) is 0. The summed E-state index contributed by atoms with van der Waals surface area (Å²) in [4.78, 5) is 20.4. The Labute approximate surface area is 117 Å². The smallest absolute Gasteiger partial charge is 0.267 e. The molecule has 108 valence electrons. The van der Waals surface area contributed by atoms with Crippen molar-refractivity contribution in [3.05, 3.63) is 4.88 Å². The second-order valence-electron chi connectivity index (χ2n) is 4.42. The molecule has 1 heterocycles. The molecule has 1 amide bonds. The fourth-order valence-electron chi connectivity index (χ4n) is 1.76. The molecule has 0 aliphatic rings. The molecule has 0 spiro atoms. The molecule has 19 heavy (non-hydrogen) atoms. The summed E-state index contributed by atoms with van der Waals surface area (Å²) < 4.78 is 0. The third-order valence-electron chi connectivity index (χ3n) is 2.76. The number of anilines is 2. The lowest BCUT2D eigenvalue weighted by Crippen LogP contribution is -2.32. The highest BCUT2D eigenvalue weighted by molar-refractivity contribution is 7.18. The van der Waals surface area contributed by atoms with Gasteiger partial charge >= 0.3 is 0 Å². The molecule has 0 aromatic carbocycles. The van der Waals surface area contributed by atoms with Gasteiger partial charge in [0.15, 0.2) is 5.13 Å². The highest BCUT2D eigenvalue weighted by Crippen LogP contribution is 2.28. The second-order valence-corrected chi connectivity index (χ2v) is 5.40. The first kappa shape index (κ1) is 15.7. The van der Waals surface area contributed by atoms with Crippen LogP contribution in [0.1, 0.15) is 30.4 Å². The Hall–Kier alpha value is -1.34. The van der Waals surface area contributed by atoms with Gasteiger partial charge in [-0.15, -0.1) is 0 Å². The van der Waals surface area contributed by atoms with Crippen molar-refractivity contribution in [2.24, 2.45) is 0 Å². The number of carbonyl (C=O) groups excluding carboxylic acids is 1. The number of likely N-dealkylation sites (N-methyl/N-ethyl adjacent to an activating group) is 1. The van der Waals surface area contributed by atoms with Crippen molar-refractivity contribution in [1.29, 1.82) is 0 Å². The summed E-state index contributed by atoms with van der Waals surface area (Å²) in [5.41, 5.74) is 5.82. The predicted molar refractivity (Wildman–Crippen MR) is 78.7 cm³/mol. The standard InChI is InChI=1S/C12H22N4O2S/c1-5-16(6-2)12-14-10(13)9(19-12)11(18)15(4)7-8(3)17/h8,17H,5-7,13H2,1-4H3. The third kappa shape index (κ3) is 3.81. The molecule has 6 nitrogen and oxygen atoms in total. The van der Waals surface area contributed by atoms with Crippen molar-refractivity contribution in [3.63, 3.8) is 0 Å². The zero-order valence-electron chi connectivity index (χ0n) is 11.9. The zero-order valence-corrected chi connectivity index (χ0v) is 12.7. The van der Waals surface area contributed by atoms with Crippen LogP contribution in [0.3, 0.4) is 0 Å². The minimum Gasteiger partial charge on any atom is -0.392 e. The average molecular weight is 286 g/mol. The number of hydrogen-bond donors (Lipinski definition) is 2. The number of aromatic nitrogens is 1. The molecule has 0 fully saturated rings. The van der Waals surface area contributed by atoms with Crippen molar-refractivity contribution in [1.82, 2.24) is 9.88 Å². The number of amides is 1. The topological polar surface area (TPSA) is 82.7 Å². The minimum absolute atomic E-state index is 0.200. The summed E-state index contributed by atoms with van der Waals surface area (Å²) in [6.07, 6.45) is -0.564. The fraction of sp³-hybridized carbons (Fsp3) is 0.667. The average Bonchev–Trinajstić information content (AvgIpc) is 2.71. The molecule has 3 N–H and O–H groups in total. The number of aliphatic hydroxyl groups is 1. The van der Waals surface area contributed by atoms with Crippen molar-refractivity contribution in [2.75, 3.05) is 37.3 Å². The normalized spacial score (nSPS) is 12.3. The van der Waals surface area contributed by atoms with Crippen LogP contribution in [-0.2, 0) is 0 Å². The van der Waals surface area contributed by atoms with E-state index in [-0.39, 0.29) is 18.3 Å². The Balaban J connectivity index is 2.92. The Bertz CT molecular complexity index is 429. The van der Waals surface area contributed by atoms with Gasteiger partial charge in [-0.2, -0.15) is 0 Å². The molecule has 1 unspecified atom stereocenters. The summed E-state index contributed by atoms with van der Waals surface area (Å²) >= 11 is 1.30. The summed E-state index contributed by atoms with van der Waals surface area (Å²) in [5.74, 6) is 0.0589. The molecular weight excluding hydrogens is 264 g/mol. The van der Waals surface area contributed by atoms with Crippen molar-refractivity contribution >= 4 is 28.2 Å². The monoisotopic (exact) mass is 286 g/mol. The third-order valence-corrected chi connectivity index (χ3v) is 3.88. The number of nitrogen functional groups attached to an aromatic ring is 1. The number of hydrogen-bond acceptors (Lipinski definition) is 6. The van der Waals surface area contributed by atoms with Crippen molar-refractivity contribution in [2.45, 2.75) is 26.9 Å². The Morgan fingerprint density at radius 1 is 1.47 bits per heavy atom. The number of rotatable bonds is 6. The summed E-state index contributed by atoms with van der Waals surface area (Å²) in [7, 11) is 1.64. The van der Waals surface area contributed by atoms with Crippen LogP contribution >= 0.6 is 11.3 Å². The van der Waals surface area contributed by atoms with Gasteiger partial charge in [0.05, 0.1) is 6.10 Å². The van der Waals surface area contributed by atoms with E-state index in [9.17, 15) is 9.90 Å². The molecular formula is C12H22N4O2S. The van der Waals surface area contributed by atoms with Crippen LogP contribution in [0, 0.1) is 0 Å². The Kier molecular flexibility index (Phi) is 5.56. The van der Waals surface area contributed by atoms with E-state index in [1.807, 2.05) is 18.7 Å². The van der Waals surface area contributed by atoms with Crippen molar-refractivity contribution < 1.29 is 9.90 Å². The maximum atomic E-state index is 12.2. The van der Waals surface area contributed by atoms with Gasteiger partial charge in [-0.3, -0.25) is 4.79 Å². The quantitative estimate of drug-likeness (QED) is 0.816. The largest absolute Gasteiger partial charge is 0.392 e. The Morgan fingerprint density at radius 3 is 2.53 bits per heavy atom. The highest BCUT2D eigenvalue weighted by atomic mass is 32.1. The van der Waals surface area contributed by atoms with E-state index < -0.39 is 6.10 Å². The van der Waals surface area contributed by atoms with E-state index in [0.717, 1.165) is 18.2 Å². The first-order valence-corrected chi connectivity index (χ1v) is 7.17. The number of nitrogens with two attached hydrogens (primary N) is 1. The van der Waals surface area contributed by atoms with Crippen molar-refractivity contribution in [3.8, 4) is 0 Å². The van der Waals surface area contributed by atoms with Crippen LogP contribution < -0.4 is 10.6 Å². The van der Waals surface area contributed by atoms with Gasteiger partial charge in [0, 0.05) is 26.7 Å². The molecule has 0 aliphatic carbocycles. The van der Waals surface area contributed by atoms with Gasteiger partial charge in [0.1, 0.15) is 10.7 Å². The van der Waals surface area contributed by atoms with Crippen LogP contribution in [0.15, 0.2) is 0 Å². The van der Waals surface area contributed by atoms with Gasteiger partial charge < -0.3 is 20.6 Å². The molecule has 1 aromatic rings. The van der Waals surface area contributed by atoms with E-state index in [1.54, 1.807) is 14.0 Å². The van der Waals surface area contributed by atoms with E-state index >= 15 is 0 Å². The number of carbonyl (C=O) groups is 1. The maximum Gasteiger partial charge on any atom is 0.267 e. The predicted octanol–water partition coefficient (Wildman–Crippen LogP) is 1.02. The zero-order chi connectivity index (χ0) is 14.6. The van der Waals surface area contributed by atoms with E-state index in [1.165, 1.54) is 16.2 Å². The lowest BCUT2D eigenvalue weighted by molar-refractivity contribution is 0.0709. The van der Waals surface area contributed by atoms with Crippen LogP contribution in [-0.4, -0.2) is 53.7 Å². The summed E-state index contributed by atoms with van der Waals surface area (Å²) in [6.45, 7) is 7.61. The van der Waals surface area contributed by atoms with E-state index in [2.05, 4.69) is 4.98 Å². The first-order valence-electron chi connectivity index (χ1n) is 6.35. The van der Waals surface area contributed by atoms with Crippen LogP contribution in [0.25, 0.3) is 0 Å².